The number of halogens is 8. The molecule has 0 saturated heterocycles. The van der Waals surface area contributed by atoms with Crippen molar-refractivity contribution < 1.29 is 33.7 Å². The molecule has 0 fully saturated rings. The molecule has 4 atom stereocenters. The number of sulfonamides is 4. The van der Waals surface area contributed by atoms with Crippen LogP contribution in [0.25, 0.3) is 0 Å². The Morgan fingerprint density at radius 1 is 0.300 bits per heavy atom. The summed E-state index contributed by atoms with van der Waals surface area (Å²) in [5, 5.41) is 4.53. The number of rotatable bonds is 33. The highest BCUT2D eigenvalue weighted by Gasteiger charge is 2.33. The first-order chi connectivity index (χ1) is 52.4. The number of likely N-dealkylation sites (N-methyl/N-ethyl adjacent to an activating group) is 4. The highest BCUT2D eigenvalue weighted by atomic mass is 35.5. The molecule has 8 aromatic rings. The summed E-state index contributed by atoms with van der Waals surface area (Å²) in [4.78, 5) is 13.7. The molecular weight excluding hydrogens is 1640 g/mol. The predicted molar refractivity (Wildman–Crippen MR) is 446 cm³/mol. The molecule has 4 aliphatic heterocycles. The van der Waals surface area contributed by atoms with Crippen LogP contribution in [-0.2, 0) is 66.3 Å². The van der Waals surface area contributed by atoms with Gasteiger partial charge in [-0.2, -0.15) is 0 Å². The van der Waals surface area contributed by atoms with E-state index in [1.165, 1.54) is 0 Å². The molecule has 18 nitrogen and oxygen atoms in total. The van der Waals surface area contributed by atoms with Crippen LogP contribution in [0.1, 0.15) is 129 Å². The normalized spacial score (nSPS) is 18.2. The average molecular weight is 1730 g/mol. The Hall–Kier alpha value is -4.52. The maximum Gasteiger partial charge on any atom is 0.240 e. The minimum atomic E-state index is -3.92. The first-order valence-corrected chi connectivity index (χ1v) is 45.8. The summed E-state index contributed by atoms with van der Waals surface area (Å²) in [5.41, 5.74) is 11.8. The number of nitrogens with zero attached hydrogens (tertiary/aromatic N) is 6. The lowest BCUT2D eigenvalue weighted by atomic mass is 9.85. The second-order valence-corrected chi connectivity index (χ2v) is 39.9. The van der Waals surface area contributed by atoms with Gasteiger partial charge in [0.1, 0.15) is 0 Å². The van der Waals surface area contributed by atoms with E-state index in [1.807, 2.05) is 101 Å². The zero-order chi connectivity index (χ0) is 78.4. The van der Waals surface area contributed by atoms with Crippen molar-refractivity contribution in [1.82, 2.24) is 48.3 Å². The molecule has 4 aliphatic rings. The Kier molecular flexibility index (Phi) is 28.7. The van der Waals surface area contributed by atoms with Crippen molar-refractivity contribution in [2.24, 2.45) is 0 Å². The highest BCUT2D eigenvalue weighted by molar-refractivity contribution is 7.90. The van der Waals surface area contributed by atoms with Gasteiger partial charge in [0.15, 0.2) is 0 Å². The van der Waals surface area contributed by atoms with E-state index in [4.69, 9.17) is 92.8 Å². The lowest BCUT2D eigenvalue weighted by molar-refractivity contribution is 0.236. The Morgan fingerprint density at radius 3 is 0.691 bits per heavy atom. The summed E-state index contributed by atoms with van der Waals surface area (Å²) in [7, 11) is -7.60. The predicted octanol–water partition coefficient (Wildman–Crippen LogP) is 15.4. The molecule has 0 spiro atoms. The van der Waals surface area contributed by atoms with Gasteiger partial charge < -0.3 is 29.4 Å². The number of nitrogens with one attached hydrogen (secondary N) is 4. The molecular formula is C80H92Cl8N10O8S4. The molecule has 4 heterocycles. The molecule has 12 rings (SSSR count). The summed E-state index contributed by atoms with van der Waals surface area (Å²) in [5.74, 6) is -0.283. The molecule has 0 radical (unpaired) electrons. The SMILES string of the molecule is CN1Cc2c(Cl)cc(Cl)cc2C(c2ccc(S(=O)(=O)NCCCN(CCCCN(CCCNS(=O)(=O)c3ccc(C4CN(C)Cc5c(Cl)cc(Cl)cc54)cc3)CCCNS(=O)(=O)c3ccc(C4CN(C)Cc5c(Cl)cc(Cl)cc54)cc3)CCCNS(=O)(=O)c3ccc(C4CN(C)Cc5c(Cl)cc(Cl)cc54)cc3)cc2)C1. The lowest BCUT2D eigenvalue weighted by Gasteiger charge is -2.33. The Bertz CT molecular complexity index is 4460. The third-order valence-corrected chi connectivity index (χ3v) is 29.4. The fourth-order valence-corrected chi connectivity index (χ4v) is 22.3. The monoisotopic (exact) mass is 1730 g/mol. The molecule has 110 heavy (non-hydrogen) atoms. The van der Waals surface area contributed by atoms with E-state index in [9.17, 15) is 33.7 Å². The fourth-order valence-electron chi connectivity index (χ4n) is 15.8. The molecule has 0 bridgehead atoms. The average Bonchev–Trinajstić information content (AvgIpc) is 0.788. The van der Waals surface area contributed by atoms with Gasteiger partial charge >= 0.3 is 0 Å². The minimum Gasteiger partial charge on any atom is -0.303 e. The van der Waals surface area contributed by atoms with E-state index in [2.05, 4.69) is 48.3 Å². The molecule has 4 N–H and O–H groups in total. The molecule has 30 heteroatoms. The van der Waals surface area contributed by atoms with Crippen molar-refractivity contribution in [2.75, 3.05) is 120 Å². The fraction of sp³-hybridized carbons (Fsp3) is 0.400. The van der Waals surface area contributed by atoms with Crippen LogP contribution in [0.4, 0.5) is 0 Å². The van der Waals surface area contributed by atoms with Gasteiger partial charge in [-0.1, -0.05) is 141 Å². The van der Waals surface area contributed by atoms with Crippen molar-refractivity contribution in [3.05, 3.63) is 253 Å². The van der Waals surface area contributed by atoms with E-state index in [-0.39, 0.29) is 69.4 Å². The van der Waals surface area contributed by atoms with E-state index in [0.29, 0.717) is 170 Å². The van der Waals surface area contributed by atoms with Gasteiger partial charge in [-0.25, -0.2) is 52.6 Å². The highest BCUT2D eigenvalue weighted by Crippen LogP contribution is 2.44. The van der Waals surface area contributed by atoms with Gasteiger partial charge in [0.05, 0.1) is 19.6 Å². The Morgan fingerprint density at radius 2 is 0.491 bits per heavy atom. The van der Waals surface area contributed by atoms with Crippen molar-refractivity contribution >= 4 is 133 Å². The lowest BCUT2D eigenvalue weighted by Crippen LogP contribution is -2.35. The summed E-state index contributed by atoms with van der Waals surface area (Å²) in [6, 6.07) is 42.4. The Balaban J connectivity index is 0.697. The van der Waals surface area contributed by atoms with E-state index >= 15 is 0 Å². The second kappa shape index (κ2) is 37.2. The topological polar surface area (TPSA) is 204 Å². The van der Waals surface area contributed by atoms with Crippen LogP contribution in [0.5, 0.6) is 0 Å². The zero-order valence-electron chi connectivity index (χ0n) is 61.7. The zero-order valence-corrected chi connectivity index (χ0v) is 71.1. The van der Waals surface area contributed by atoms with E-state index in [1.54, 1.807) is 72.8 Å². The van der Waals surface area contributed by atoms with Gasteiger partial charge in [0.2, 0.25) is 40.1 Å². The third-order valence-electron chi connectivity index (χ3n) is 21.3. The largest absolute Gasteiger partial charge is 0.303 e. The number of unbranched alkanes of at least 4 members (excludes halogenated alkanes) is 1. The molecule has 0 saturated carbocycles. The third kappa shape index (κ3) is 21.2. The van der Waals surface area contributed by atoms with Crippen molar-refractivity contribution in [1.29, 1.82) is 0 Å². The van der Waals surface area contributed by atoms with Crippen LogP contribution in [0.2, 0.25) is 40.2 Å². The van der Waals surface area contributed by atoms with E-state index < -0.39 is 40.1 Å². The number of hydrogen-bond acceptors (Lipinski definition) is 14. The van der Waals surface area contributed by atoms with Crippen molar-refractivity contribution in [2.45, 2.75) is 108 Å². The maximum atomic E-state index is 13.9. The summed E-state index contributed by atoms with van der Waals surface area (Å²) < 4.78 is 122. The van der Waals surface area contributed by atoms with Gasteiger partial charge in [-0.05, 0) is 270 Å². The van der Waals surface area contributed by atoms with E-state index in [0.717, 1.165) is 66.8 Å². The van der Waals surface area contributed by atoms with Crippen LogP contribution in [0.3, 0.4) is 0 Å². The first-order valence-electron chi connectivity index (χ1n) is 36.9. The molecule has 0 aromatic heterocycles. The smallest absolute Gasteiger partial charge is 0.240 e. The van der Waals surface area contributed by atoms with Crippen LogP contribution < -0.4 is 18.9 Å². The van der Waals surface area contributed by atoms with Crippen LogP contribution >= 0.6 is 92.8 Å². The summed E-state index contributed by atoms with van der Waals surface area (Å²) in [6.07, 6.45) is 3.18. The number of benzene rings is 8. The van der Waals surface area contributed by atoms with Crippen LogP contribution in [-0.4, -0.2) is 183 Å². The number of hydrogen-bond donors (Lipinski definition) is 4. The van der Waals surface area contributed by atoms with Gasteiger partial charge in [0.25, 0.3) is 0 Å². The molecule has 0 amide bonds. The van der Waals surface area contributed by atoms with Crippen LogP contribution in [0, 0.1) is 0 Å². The van der Waals surface area contributed by atoms with Gasteiger partial charge in [-0.15, -0.1) is 0 Å². The van der Waals surface area contributed by atoms with Gasteiger partial charge in [-0.3, -0.25) is 0 Å². The quantitative estimate of drug-likeness (QED) is 0.0283. The standard InChI is InChI=1S/C80H92Cl8N10O8S4/c1-93-45-69(65-37-57(81)41-77(85)73(65)49-93)53-11-19-61(20-12-53)107(99,100)89-27-7-33-97(34-8-28-90-108(101,102)62-21-13-54(14-22-62)70-46-94(2)50-74-66(70)38-58(82)42-78(74)86)31-5-6-32-98(35-9-29-91-109(103,104)63-23-15-55(16-24-63)71-47-95(3)51-75-67(71)39-59(83)43-79(75)87)36-10-30-92-110(105,106)64-25-17-56(18-26-64)72-48-96(4)52-76-68(72)40-60(84)44-80(76)88/h11-26,37-44,69-72,89-92H,5-10,27-36,45-52H2,1-4H3. The minimum absolute atomic E-state index is 0.0707. The molecule has 0 aliphatic carbocycles. The number of fused-ring (bicyclic) bond motifs is 4. The molecule has 590 valence electrons. The van der Waals surface area contributed by atoms with Gasteiger partial charge in [0, 0.05) is 142 Å². The molecule has 4 unspecified atom stereocenters. The summed E-state index contributed by atoms with van der Waals surface area (Å²) in [6.45, 7) is 9.19. The van der Waals surface area contributed by atoms with Crippen LogP contribution in [0.15, 0.2) is 165 Å². The Labute approximate surface area is 689 Å². The maximum absolute atomic E-state index is 13.9. The summed E-state index contributed by atoms with van der Waals surface area (Å²) >= 11 is 52.5. The molecule has 8 aromatic carbocycles. The van der Waals surface area contributed by atoms with Crippen molar-refractivity contribution in [3.63, 3.8) is 0 Å². The second-order valence-electron chi connectivity index (χ2n) is 29.5. The van der Waals surface area contributed by atoms with Crippen molar-refractivity contribution in [3.8, 4) is 0 Å². The first kappa shape index (κ1) is 84.9.